The SMILES string of the molecule is C=C=C1NC(C)(CN(C)C)CO1. The van der Waals surface area contributed by atoms with E-state index in [0.717, 1.165) is 6.54 Å². The Morgan fingerprint density at radius 1 is 1.75 bits per heavy atom. The molecule has 1 atom stereocenters. The van der Waals surface area contributed by atoms with Crippen molar-refractivity contribution in [3.05, 3.63) is 18.2 Å². The number of rotatable bonds is 2. The average molecular weight is 168 g/mol. The van der Waals surface area contributed by atoms with Gasteiger partial charge in [0.2, 0.25) is 5.88 Å². The van der Waals surface area contributed by atoms with Crippen LogP contribution in [-0.4, -0.2) is 37.7 Å². The van der Waals surface area contributed by atoms with Crippen molar-refractivity contribution in [1.82, 2.24) is 10.2 Å². The van der Waals surface area contributed by atoms with E-state index >= 15 is 0 Å². The molecule has 0 bridgehead atoms. The summed E-state index contributed by atoms with van der Waals surface area (Å²) in [7, 11) is 4.09. The second-order valence-corrected chi connectivity index (χ2v) is 3.72. The Labute approximate surface area is 73.7 Å². The molecule has 0 aliphatic carbocycles. The summed E-state index contributed by atoms with van der Waals surface area (Å²) in [5.41, 5.74) is 2.71. The van der Waals surface area contributed by atoms with Crippen molar-refractivity contribution >= 4 is 0 Å². The molecule has 0 saturated carbocycles. The molecule has 3 nitrogen and oxygen atoms in total. The molecule has 1 unspecified atom stereocenters. The van der Waals surface area contributed by atoms with Crippen LogP contribution in [0, 0.1) is 0 Å². The number of hydrogen-bond donors (Lipinski definition) is 1. The largest absolute Gasteiger partial charge is 0.471 e. The van der Waals surface area contributed by atoms with Crippen molar-refractivity contribution < 1.29 is 4.74 Å². The van der Waals surface area contributed by atoms with Crippen molar-refractivity contribution in [3.63, 3.8) is 0 Å². The number of nitrogens with zero attached hydrogens (tertiary/aromatic N) is 1. The van der Waals surface area contributed by atoms with E-state index in [-0.39, 0.29) is 5.54 Å². The van der Waals surface area contributed by atoms with Gasteiger partial charge in [-0.05, 0) is 21.0 Å². The van der Waals surface area contributed by atoms with Crippen LogP contribution in [0.15, 0.2) is 18.2 Å². The molecule has 0 radical (unpaired) electrons. The quantitative estimate of drug-likeness (QED) is 0.609. The highest BCUT2D eigenvalue weighted by molar-refractivity contribution is 5.03. The van der Waals surface area contributed by atoms with Crippen LogP contribution < -0.4 is 5.32 Å². The summed E-state index contributed by atoms with van der Waals surface area (Å²) in [4.78, 5) is 2.13. The molecule has 1 heterocycles. The summed E-state index contributed by atoms with van der Waals surface area (Å²) in [6.45, 7) is 7.27. The van der Waals surface area contributed by atoms with Gasteiger partial charge in [-0.15, -0.1) is 0 Å². The molecule has 1 N–H and O–H groups in total. The van der Waals surface area contributed by atoms with E-state index < -0.39 is 0 Å². The second-order valence-electron chi connectivity index (χ2n) is 3.72. The van der Waals surface area contributed by atoms with E-state index in [9.17, 15) is 0 Å². The van der Waals surface area contributed by atoms with E-state index in [0.29, 0.717) is 12.5 Å². The van der Waals surface area contributed by atoms with Gasteiger partial charge in [-0.3, -0.25) is 0 Å². The third-order valence-corrected chi connectivity index (χ3v) is 1.78. The lowest BCUT2D eigenvalue weighted by Gasteiger charge is -2.25. The lowest BCUT2D eigenvalue weighted by molar-refractivity contribution is 0.205. The van der Waals surface area contributed by atoms with Crippen molar-refractivity contribution in [2.24, 2.45) is 0 Å². The van der Waals surface area contributed by atoms with Crippen LogP contribution in [0.1, 0.15) is 6.92 Å². The molecule has 12 heavy (non-hydrogen) atoms. The van der Waals surface area contributed by atoms with Crippen LogP contribution in [0.2, 0.25) is 0 Å². The summed E-state index contributed by atoms with van der Waals surface area (Å²) in [6, 6.07) is 0. The fourth-order valence-corrected chi connectivity index (χ4v) is 1.46. The van der Waals surface area contributed by atoms with E-state index in [1.165, 1.54) is 0 Å². The van der Waals surface area contributed by atoms with Gasteiger partial charge in [-0.25, -0.2) is 0 Å². The molecule has 0 aromatic carbocycles. The maximum absolute atomic E-state index is 5.32. The van der Waals surface area contributed by atoms with Gasteiger partial charge in [0.25, 0.3) is 0 Å². The van der Waals surface area contributed by atoms with Crippen molar-refractivity contribution in [2.45, 2.75) is 12.5 Å². The fraction of sp³-hybridized carbons (Fsp3) is 0.667. The first-order valence-electron chi connectivity index (χ1n) is 4.01. The topological polar surface area (TPSA) is 24.5 Å². The Morgan fingerprint density at radius 2 is 2.42 bits per heavy atom. The molecule has 1 aliphatic rings. The van der Waals surface area contributed by atoms with Gasteiger partial charge in [0.15, 0.2) is 0 Å². The summed E-state index contributed by atoms with van der Waals surface area (Å²) < 4.78 is 5.32. The van der Waals surface area contributed by atoms with E-state index in [1.54, 1.807) is 0 Å². The van der Waals surface area contributed by atoms with Crippen molar-refractivity contribution in [3.8, 4) is 0 Å². The molecule has 1 fully saturated rings. The van der Waals surface area contributed by atoms with E-state index in [4.69, 9.17) is 4.74 Å². The number of nitrogens with one attached hydrogen (secondary N) is 1. The highest BCUT2D eigenvalue weighted by Crippen LogP contribution is 2.16. The van der Waals surface area contributed by atoms with Crippen LogP contribution in [-0.2, 0) is 4.74 Å². The maximum Gasteiger partial charge on any atom is 0.233 e. The van der Waals surface area contributed by atoms with Gasteiger partial charge in [-0.2, -0.15) is 0 Å². The molecule has 3 heteroatoms. The Morgan fingerprint density at radius 3 is 2.83 bits per heavy atom. The van der Waals surface area contributed by atoms with Crippen molar-refractivity contribution in [1.29, 1.82) is 0 Å². The van der Waals surface area contributed by atoms with E-state index in [2.05, 4.69) is 29.5 Å². The molecule has 1 rings (SSSR count). The minimum atomic E-state index is 0.00350. The Balaban J connectivity index is 2.58. The van der Waals surface area contributed by atoms with Gasteiger partial charge in [0.1, 0.15) is 6.61 Å². The minimum Gasteiger partial charge on any atom is -0.471 e. The first-order chi connectivity index (χ1) is 5.56. The molecular weight excluding hydrogens is 152 g/mol. The number of likely N-dealkylation sites (N-methyl/N-ethyl adjacent to an activating group) is 1. The maximum atomic E-state index is 5.32. The van der Waals surface area contributed by atoms with Gasteiger partial charge < -0.3 is 15.0 Å². The minimum absolute atomic E-state index is 0.00350. The van der Waals surface area contributed by atoms with Gasteiger partial charge in [0.05, 0.1) is 5.54 Å². The molecule has 68 valence electrons. The third-order valence-electron chi connectivity index (χ3n) is 1.78. The second kappa shape index (κ2) is 3.21. The van der Waals surface area contributed by atoms with Crippen LogP contribution in [0.25, 0.3) is 0 Å². The molecule has 1 saturated heterocycles. The Kier molecular flexibility index (Phi) is 2.46. The monoisotopic (exact) mass is 168 g/mol. The summed E-state index contributed by atoms with van der Waals surface area (Å²) >= 11 is 0. The molecule has 1 aliphatic heterocycles. The average Bonchev–Trinajstić information content (AvgIpc) is 2.30. The summed E-state index contributed by atoms with van der Waals surface area (Å²) in [5.74, 6) is 0.666. The molecule has 0 aromatic heterocycles. The number of hydrogen-bond acceptors (Lipinski definition) is 3. The summed E-state index contributed by atoms with van der Waals surface area (Å²) in [6.07, 6.45) is 0. The molecule has 0 spiro atoms. The van der Waals surface area contributed by atoms with Crippen molar-refractivity contribution in [2.75, 3.05) is 27.2 Å². The van der Waals surface area contributed by atoms with Crippen LogP contribution in [0.4, 0.5) is 0 Å². The predicted octanol–water partition coefficient (Wildman–Crippen LogP) is 0.553. The third kappa shape index (κ3) is 2.03. The molecule has 0 aromatic rings. The Bertz CT molecular complexity index is 219. The highest BCUT2D eigenvalue weighted by atomic mass is 16.5. The van der Waals surface area contributed by atoms with Gasteiger partial charge in [-0.1, -0.05) is 12.3 Å². The molecule has 0 amide bonds. The van der Waals surface area contributed by atoms with Crippen LogP contribution in [0.5, 0.6) is 0 Å². The zero-order chi connectivity index (χ0) is 9.19. The van der Waals surface area contributed by atoms with Crippen LogP contribution >= 0.6 is 0 Å². The zero-order valence-electron chi connectivity index (χ0n) is 7.98. The normalized spacial score (nSPS) is 28.2. The van der Waals surface area contributed by atoms with Gasteiger partial charge in [0, 0.05) is 6.54 Å². The Hall–Kier alpha value is -0.920. The summed E-state index contributed by atoms with van der Waals surface area (Å²) in [5, 5.41) is 3.23. The number of ether oxygens (including phenoxy) is 1. The lowest BCUT2D eigenvalue weighted by Crippen LogP contribution is -2.47. The standard InChI is InChI=1S/C9H16N2O/c1-5-8-10-9(2,7-12-8)6-11(3)4/h10H,1,6-7H2,2-4H3. The molecular formula is C9H16N2O. The smallest absolute Gasteiger partial charge is 0.233 e. The first kappa shape index (κ1) is 9.17. The zero-order valence-corrected chi connectivity index (χ0v) is 7.98. The highest BCUT2D eigenvalue weighted by Gasteiger charge is 2.32. The van der Waals surface area contributed by atoms with Gasteiger partial charge >= 0.3 is 0 Å². The van der Waals surface area contributed by atoms with E-state index in [1.807, 2.05) is 14.1 Å². The van der Waals surface area contributed by atoms with Crippen LogP contribution in [0.3, 0.4) is 0 Å². The fourth-order valence-electron chi connectivity index (χ4n) is 1.46. The lowest BCUT2D eigenvalue weighted by atomic mass is 10.1. The first-order valence-corrected chi connectivity index (χ1v) is 4.01. The predicted molar refractivity (Wildman–Crippen MR) is 48.7 cm³/mol.